The van der Waals surface area contributed by atoms with Gasteiger partial charge >= 0.3 is 5.97 Å². The standard InChI is InChI=1S/C29H46O2/c1-19(2)8-7-9-20(3)25-12-13-26-24-11-10-22-18-23(31-21(4)30)14-16-28(22,5)27(24)15-17-29(25,26)6/h10,20,23-27H,1,7-9,11-18H2,2-6H3/t20-,23+,24+,25-,26+,27+,28+,29-/m1/s1. The van der Waals surface area contributed by atoms with E-state index in [9.17, 15) is 4.79 Å². The lowest BCUT2D eigenvalue weighted by Gasteiger charge is -2.58. The number of allylic oxidation sites excluding steroid dienone is 2. The zero-order valence-corrected chi connectivity index (χ0v) is 20.8. The Labute approximate surface area is 191 Å². The molecule has 0 aromatic carbocycles. The zero-order chi connectivity index (χ0) is 22.4. The Morgan fingerprint density at radius 3 is 2.65 bits per heavy atom. The summed E-state index contributed by atoms with van der Waals surface area (Å²) in [6.45, 7) is 15.6. The average molecular weight is 427 g/mol. The molecule has 4 aliphatic rings. The topological polar surface area (TPSA) is 26.3 Å². The van der Waals surface area contributed by atoms with Crippen molar-refractivity contribution < 1.29 is 9.53 Å². The van der Waals surface area contributed by atoms with Gasteiger partial charge in [0.25, 0.3) is 0 Å². The van der Waals surface area contributed by atoms with Gasteiger partial charge in [-0.05, 0) is 105 Å². The summed E-state index contributed by atoms with van der Waals surface area (Å²) < 4.78 is 5.61. The molecule has 3 fully saturated rings. The fourth-order valence-corrected chi connectivity index (χ4v) is 8.87. The summed E-state index contributed by atoms with van der Waals surface area (Å²) in [6, 6.07) is 0. The van der Waals surface area contributed by atoms with Crippen LogP contribution in [0.2, 0.25) is 0 Å². The number of hydrogen-bond donors (Lipinski definition) is 0. The molecule has 0 aromatic heterocycles. The number of carbonyl (C=O) groups excluding carboxylic acids is 1. The first kappa shape index (κ1) is 23.1. The first-order valence-electron chi connectivity index (χ1n) is 13.2. The summed E-state index contributed by atoms with van der Waals surface area (Å²) in [5.41, 5.74) is 3.83. The first-order chi connectivity index (χ1) is 14.6. The Kier molecular flexibility index (Phi) is 6.50. The molecule has 0 radical (unpaired) electrons. The number of esters is 1. The summed E-state index contributed by atoms with van der Waals surface area (Å²) >= 11 is 0. The monoisotopic (exact) mass is 426 g/mol. The highest BCUT2D eigenvalue weighted by atomic mass is 16.5. The largest absolute Gasteiger partial charge is 0.462 e. The van der Waals surface area contributed by atoms with Gasteiger partial charge in [0.05, 0.1) is 0 Å². The molecule has 0 aromatic rings. The van der Waals surface area contributed by atoms with E-state index in [0.29, 0.717) is 10.8 Å². The Morgan fingerprint density at radius 2 is 1.94 bits per heavy atom. The van der Waals surface area contributed by atoms with Gasteiger partial charge < -0.3 is 4.74 Å². The van der Waals surface area contributed by atoms with Gasteiger partial charge in [0, 0.05) is 13.3 Å². The number of fused-ring (bicyclic) bond motifs is 5. The van der Waals surface area contributed by atoms with Gasteiger partial charge in [-0.25, -0.2) is 0 Å². The molecule has 2 heteroatoms. The van der Waals surface area contributed by atoms with Crippen molar-refractivity contribution in [2.24, 2.45) is 40.4 Å². The number of carbonyl (C=O) groups is 1. The second-order valence-corrected chi connectivity index (χ2v) is 12.3. The second-order valence-electron chi connectivity index (χ2n) is 12.3. The van der Waals surface area contributed by atoms with E-state index < -0.39 is 0 Å². The van der Waals surface area contributed by atoms with Crippen LogP contribution in [-0.2, 0) is 9.53 Å². The van der Waals surface area contributed by atoms with Crippen LogP contribution in [0.15, 0.2) is 23.8 Å². The van der Waals surface area contributed by atoms with Crippen molar-refractivity contribution in [3.8, 4) is 0 Å². The molecule has 4 rings (SSSR count). The number of hydrogen-bond acceptors (Lipinski definition) is 2. The Hall–Kier alpha value is -1.05. The predicted molar refractivity (Wildman–Crippen MR) is 129 cm³/mol. The minimum absolute atomic E-state index is 0.109. The van der Waals surface area contributed by atoms with Gasteiger partial charge in [0.2, 0.25) is 0 Å². The lowest BCUT2D eigenvalue weighted by atomic mass is 9.47. The van der Waals surface area contributed by atoms with Crippen LogP contribution >= 0.6 is 0 Å². The molecule has 31 heavy (non-hydrogen) atoms. The van der Waals surface area contributed by atoms with Crippen molar-refractivity contribution in [2.45, 2.75) is 111 Å². The van der Waals surface area contributed by atoms with Crippen LogP contribution in [-0.4, -0.2) is 12.1 Å². The molecule has 174 valence electrons. The van der Waals surface area contributed by atoms with E-state index in [4.69, 9.17) is 4.74 Å². The van der Waals surface area contributed by atoms with Crippen LogP contribution in [0.4, 0.5) is 0 Å². The molecule has 4 aliphatic carbocycles. The molecule has 8 atom stereocenters. The predicted octanol–water partition coefficient (Wildman–Crippen LogP) is 7.88. The summed E-state index contributed by atoms with van der Waals surface area (Å²) in [5.74, 6) is 4.23. The highest BCUT2D eigenvalue weighted by molar-refractivity contribution is 5.66. The normalized spacial score (nSPS) is 42.6. The van der Waals surface area contributed by atoms with E-state index in [1.54, 1.807) is 12.5 Å². The van der Waals surface area contributed by atoms with E-state index in [-0.39, 0.29) is 12.1 Å². The quantitative estimate of drug-likeness (QED) is 0.319. The summed E-state index contributed by atoms with van der Waals surface area (Å²) in [7, 11) is 0. The number of ether oxygens (including phenoxy) is 1. The van der Waals surface area contributed by atoms with Crippen LogP contribution in [0.1, 0.15) is 105 Å². The van der Waals surface area contributed by atoms with Crippen LogP contribution in [0.3, 0.4) is 0 Å². The fourth-order valence-electron chi connectivity index (χ4n) is 8.87. The molecule has 0 saturated heterocycles. The van der Waals surface area contributed by atoms with E-state index in [2.05, 4.69) is 40.3 Å². The molecular weight excluding hydrogens is 380 g/mol. The molecule has 0 unspecified atom stereocenters. The van der Waals surface area contributed by atoms with Crippen molar-refractivity contribution in [1.82, 2.24) is 0 Å². The second kappa shape index (κ2) is 8.71. The van der Waals surface area contributed by atoms with E-state index in [1.165, 1.54) is 63.4 Å². The molecular formula is C29H46O2. The lowest BCUT2D eigenvalue weighted by molar-refractivity contribution is -0.148. The molecule has 0 heterocycles. The third-order valence-electron chi connectivity index (χ3n) is 10.4. The van der Waals surface area contributed by atoms with Crippen molar-refractivity contribution in [1.29, 1.82) is 0 Å². The molecule has 0 amide bonds. The maximum Gasteiger partial charge on any atom is 0.302 e. The molecule has 0 bridgehead atoms. The Morgan fingerprint density at radius 1 is 1.16 bits per heavy atom. The average Bonchev–Trinajstić information content (AvgIpc) is 3.05. The van der Waals surface area contributed by atoms with Crippen molar-refractivity contribution >= 4 is 5.97 Å². The van der Waals surface area contributed by atoms with Crippen LogP contribution in [0.5, 0.6) is 0 Å². The van der Waals surface area contributed by atoms with Gasteiger partial charge in [0.1, 0.15) is 6.10 Å². The molecule has 0 spiro atoms. The molecule has 2 nitrogen and oxygen atoms in total. The van der Waals surface area contributed by atoms with Crippen LogP contribution in [0, 0.1) is 40.4 Å². The Bertz CT molecular complexity index is 735. The van der Waals surface area contributed by atoms with Crippen LogP contribution in [0.25, 0.3) is 0 Å². The minimum atomic E-state index is -0.120. The number of rotatable bonds is 6. The summed E-state index contributed by atoms with van der Waals surface area (Å²) in [6.07, 6.45) is 16.8. The SMILES string of the molecule is C=C(C)CCC[C@@H](C)[C@H]1CC[C@H]2[C@@H]3CC=C4C[C@@H](OC(C)=O)CC[C@]4(C)[C@H]3CC[C@]12C. The molecule has 3 saturated carbocycles. The highest BCUT2D eigenvalue weighted by Crippen LogP contribution is 2.67. The van der Waals surface area contributed by atoms with Crippen LogP contribution < -0.4 is 0 Å². The third kappa shape index (κ3) is 4.18. The van der Waals surface area contributed by atoms with Crippen molar-refractivity contribution in [3.05, 3.63) is 23.8 Å². The van der Waals surface area contributed by atoms with E-state index >= 15 is 0 Å². The summed E-state index contributed by atoms with van der Waals surface area (Å²) in [4.78, 5) is 11.5. The molecule has 0 aliphatic heterocycles. The summed E-state index contributed by atoms with van der Waals surface area (Å²) in [5, 5.41) is 0. The minimum Gasteiger partial charge on any atom is -0.462 e. The van der Waals surface area contributed by atoms with Gasteiger partial charge in [-0.3, -0.25) is 4.79 Å². The molecule has 0 N–H and O–H groups in total. The maximum atomic E-state index is 11.5. The maximum absolute atomic E-state index is 11.5. The zero-order valence-electron chi connectivity index (χ0n) is 20.8. The Balaban J connectivity index is 1.47. The highest BCUT2D eigenvalue weighted by Gasteiger charge is 2.59. The van der Waals surface area contributed by atoms with Gasteiger partial charge in [-0.15, -0.1) is 6.58 Å². The van der Waals surface area contributed by atoms with Crippen molar-refractivity contribution in [3.63, 3.8) is 0 Å². The first-order valence-corrected chi connectivity index (χ1v) is 13.2. The van der Waals surface area contributed by atoms with Gasteiger partial charge in [-0.2, -0.15) is 0 Å². The third-order valence-corrected chi connectivity index (χ3v) is 10.4. The van der Waals surface area contributed by atoms with Crippen molar-refractivity contribution in [2.75, 3.05) is 0 Å². The van der Waals surface area contributed by atoms with Gasteiger partial charge in [0.15, 0.2) is 0 Å². The van der Waals surface area contributed by atoms with Gasteiger partial charge in [-0.1, -0.05) is 44.4 Å². The van der Waals surface area contributed by atoms with E-state index in [1.807, 2.05) is 0 Å². The lowest BCUT2D eigenvalue weighted by Crippen LogP contribution is -2.51. The fraction of sp³-hybridized carbons (Fsp3) is 0.828. The van der Waals surface area contributed by atoms with E-state index in [0.717, 1.165) is 42.4 Å². The smallest absolute Gasteiger partial charge is 0.302 e.